The van der Waals surface area contributed by atoms with E-state index < -0.39 is 29.9 Å². The van der Waals surface area contributed by atoms with Crippen LogP contribution in [-0.4, -0.2) is 52.0 Å². The number of benzene rings is 2. The van der Waals surface area contributed by atoms with Crippen molar-refractivity contribution < 1.29 is 19.4 Å². The number of alkyl carbamates (subject to hydrolysis) is 1. The Balaban J connectivity index is 1.82. The van der Waals surface area contributed by atoms with Crippen LogP contribution in [-0.2, 0) is 22.5 Å². The zero-order valence-corrected chi connectivity index (χ0v) is 20.7. The SMILES string of the molecule is CC(C)C1N[C@@H]([C@H](O)[C@H](Cc2ccccc2)NC(=O)OC(C)(C)C)C(=O)N1Cc1ccccc1. The lowest BCUT2D eigenvalue weighted by Gasteiger charge is -2.29. The summed E-state index contributed by atoms with van der Waals surface area (Å²) < 4.78 is 5.43. The normalized spacial score (nSPS) is 20.3. The number of ether oxygens (including phenoxy) is 1. The second-order valence-corrected chi connectivity index (χ2v) is 10.2. The van der Waals surface area contributed by atoms with Gasteiger partial charge in [0.2, 0.25) is 5.91 Å². The fraction of sp³-hybridized carbons (Fsp3) is 0.481. The Hall–Kier alpha value is -2.90. The summed E-state index contributed by atoms with van der Waals surface area (Å²) in [6.07, 6.45) is -1.65. The number of hydrogen-bond donors (Lipinski definition) is 3. The molecule has 3 rings (SSSR count). The van der Waals surface area contributed by atoms with Gasteiger partial charge in [0, 0.05) is 6.54 Å². The van der Waals surface area contributed by atoms with Crippen molar-refractivity contribution in [3.63, 3.8) is 0 Å². The van der Waals surface area contributed by atoms with Crippen molar-refractivity contribution in [2.75, 3.05) is 0 Å². The third-order valence-corrected chi connectivity index (χ3v) is 5.82. The third-order valence-electron chi connectivity index (χ3n) is 5.82. The van der Waals surface area contributed by atoms with Crippen molar-refractivity contribution in [1.29, 1.82) is 0 Å². The van der Waals surface area contributed by atoms with Crippen LogP contribution in [0.4, 0.5) is 4.79 Å². The number of aliphatic hydroxyl groups excluding tert-OH is 1. The molecule has 1 saturated heterocycles. The van der Waals surface area contributed by atoms with E-state index in [0.29, 0.717) is 13.0 Å². The quantitative estimate of drug-likeness (QED) is 0.553. The number of carbonyl (C=O) groups is 2. The lowest BCUT2D eigenvalue weighted by Crippen LogP contribution is -2.55. The molecular formula is C27H37N3O4. The molecule has 0 saturated carbocycles. The second kappa shape index (κ2) is 11.0. The van der Waals surface area contributed by atoms with Crippen molar-refractivity contribution >= 4 is 12.0 Å². The summed E-state index contributed by atoms with van der Waals surface area (Å²) in [6.45, 7) is 9.88. The van der Waals surface area contributed by atoms with Crippen molar-refractivity contribution in [2.24, 2.45) is 5.92 Å². The zero-order chi connectivity index (χ0) is 24.9. The van der Waals surface area contributed by atoms with Crippen LogP contribution < -0.4 is 10.6 Å². The molecule has 0 aliphatic carbocycles. The molecular weight excluding hydrogens is 430 g/mol. The van der Waals surface area contributed by atoms with E-state index in [0.717, 1.165) is 11.1 Å². The maximum Gasteiger partial charge on any atom is 0.407 e. The van der Waals surface area contributed by atoms with Crippen LogP contribution >= 0.6 is 0 Å². The number of aliphatic hydroxyl groups is 1. The highest BCUT2D eigenvalue weighted by Crippen LogP contribution is 2.24. The number of nitrogens with one attached hydrogen (secondary N) is 2. The van der Waals surface area contributed by atoms with Crippen molar-refractivity contribution in [3.8, 4) is 0 Å². The molecule has 2 amide bonds. The zero-order valence-electron chi connectivity index (χ0n) is 20.7. The maximum atomic E-state index is 13.5. The van der Waals surface area contributed by atoms with E-state index in [9.17, 15) is 14.7 Å². The summed E-state index contributed by atoms with van der Waals surface area (Å²) in [4.78, 5) is 27.9. The summed E-state index contributed by atoms with van der Waals surface area (Å²) in [5, 5.41) is 17.5. The summed E-state index contributed by atoms with van der Waals surface area (Å²) in [5.41, 5.74) is 1.28. The molecule has 4 atom stereocenters. The highest BCUT2D eigenvalue weighted by atomic mass is 16.6. The van der Waals surface area contributed by atoms with Crippen LogP contribution in [0.25, 0.3) is 0 Å². The van der Waals surface area contributed by atoms with E-state index in [2.05, 4.69) is 10.6 Å². The lowest BCUT2D eigenvalue weighted by molar-refractivity contribution is -0.133. The Labute approximate surface area is 202 Å². The van der Waals surface area contributed by atoms with Gasteiger partial charge in [-0.05, 0) is 44.2 Å². The van der Waals surface area contributed by atoms with Gasteiger partial charge in [-0.15, -0.1) is 0 Å². The molecule has 2 aromatic rings. The van der Waals surface area contributed by atoms with Gasteiger partial charge < -0.3 is 20.1 Å². The molecule has 34 heavy (non-hydrogen) atoms. The van der Waals surface area contributed by atoms with Gasteiger partial charge in [0.1, 0.15) is 11.6 Å². The summed E-state index contributed by atoms with van der Waals surface area (Å²) in [6, 6.07) is 17.8. The minimum Gasteiger partial charge on any atom is -0.444 e. The molecule has 2 aromatic carbocycles. The molecule has 1 fully saturated rings. The molecule has 7 heteroatoms. The van der Waals surface area contributed by atoms with Gasteiger partial charge in [-0.3, -0.25) is 10.1 Å². The number of amides is 2. The van der Waals surface area contributed by atoms with Crippen molar-refractivity contribution in [3.05, 3.63) is 71.8 Å². The van der Waals surface area contributed by atoms with E-state index in [1.54, 1.807) is 25.7 Å². The van der Waals surface area contributed by atoms with E-state index in [4.69, 9.17) is 4.74 Å². The first-order valence-corrected chi connectivity index (χ1v) is 11.9. The largest absolute Gasteiger partial charge is 0.444 e. The second-order valence-electron chi connectivity index (χ2n) is 10.2. The Morgan fingerprint density at radius 2 is 1.62 bits per heavy atom. The van der Waals surface area contributed by atoms with E-state index >= 15 is 0 Å². The van der Waals surface area contributed by atoms with Crippen molar-refractivity contribution in [2.45, 2.75) is 77.5 Å². The first kappa shape index (κ1) is 25.7. The van der Waals surface area contributed by atoms with Crippen LogP contribution in [0.15, 0.2) is 60.7 Å². The molecule has 1 unspecified atom stereocenters. The highest BCUT2D eigenvalue weighted by Gasteiger charge is 2.46. The van der Waals surface area contributed by atoms with Crippen LogP contribution in [0.3, 0.4) is 0 Å². The molecule has 0 spiro atoms. The first-order chi connectivity index (χ1) is 16.0. The highest BCUT2D eigenvalue weighted by molar-refractivity contribution is 5.85. The molecule has 0 aromatic heterocycles. The molecule has 184 valence electrons. The molecule has 0 bridgehead atoms. The summed E-state index contributed by atoms with van der Waals surface area (Å²) >= 11 is 0. The van der Waals surface area contributed by atoms with Gasteiger partial charge in [0.25, 0.3) is 0 Å². The van der Waals surface area contributed by atoms with Gasteiger partial charge in [0.15, 0.2) is 0 Å². The Bertz CT molecular complexity index is 943. The number of nitrogens with zero attached hydrogens (tertiary/aromatic N) is 1. The smallest absolute Gasteiger partial charge is 0.407 e. The summed E-state index contributed by atoms with van der Waals surface area (Å²) in [7, 11) is 0. The fourth-order valence-electron chi connectivity index (χ4n) is 4.23. The third kappa shape index (κ3) is 6.81. The van der Waals surface area contributed by atoms with Gasteiger partial charge in [-0.1, -0.05) is 74.5 Å². The summed E-state index contributed by atoms with van der Waals surface area (Å²) in [5.74, 6) is -0.0460. The topological polar surface area (TPSA) is 90.9 Å². The van der Waals surface area contributed by atoms with Crippen LogP contribution in [0, 0.1) is 5.92 Å². The minimum atomic E-state index is -1.15. The first-order valence-electron chi connectivity index (χ1n) is 11.9. The average Bonchev–Trinajstić information content (AvgIpc) is 3.09. The van der Waals surface area contributed by atoms with Crippen LogP contribution in [0.1, 0.15) is 45.7 Å². The van der Waals surface area contributed by atoms with Gasteiger partial charge >= 0.3 is 6.09 Å². The molecule has 3 N–H and O–H groups in total. The number of rotatable bonds is 8. The van der Waals surface area contributed by atoms with Crippen molar-refractivity contribution in [1.82, 2.24) is 15.5 Å². The Morgan fingerprint density at radius 3 is 2.15 bits per heavy atom. The van der Waals surface area contributed by atoms with Gasteiger partial charge in [-0.25, -0.2) is 4.79 Å². The van der Waals surface area contributed by atoms with E-state index in [1.807, 2.05) is 74.5 Å². The van der Waals surface area contributed by atoms with Crippen LogP contribution in [0.2, 0.25) is 0 Å². The predicted octanol–water partition coefficient (Wildman–Crippen LogP) is 3.47. The molecule has 0 radical (unpaired) electrons. The minimum absolute atomic E-state index is 0.135. The monoisotopic (exact) mass is 467 g/mol. The Morgan fingerprint density at radius 1 is 1.06 bits per heavy atom. The lowest BCUT2D eigenvalue weighted by atomic mass is 9.96. The molecule has 1 aliphatic rings. The van der Waals surface area contributed by atoms with Gasteiger partial charge in [-0.2, -0.15) is 0 Å². The average molecular weight is 468 g/mol. The number of carbonyl (C=O) groups excluding carboxylic acids is 2. The maximum absolute atomic E-state index is 13.5. The van der Waals surface area contributed by atoms with E-state index in [-0.39, 0.29) is 18.0 Å². The standard InChI is InChI=1S/C27H37N3O4/c1-18(2)24-29-22(25(32)30(24)17-20-14-10-7-11-15-20)23(31)21(16-19-12-8-6-9-13-19)28-26(33)34-27(3,4)5/h6-15,18,21-24,29,31H,16-17H2,1-5H3,(H,28,33)/t21-,22-,23+,24?/m0/s1. The number of hydrogen-bond acceptors (Lipinski definition) is 5. The predicted molar refractivity (Wildman–Crippen MR) is 132 cm³/mol. The molecule has 1 aliphatic heterocycles. The van der Waals surface area contributed by atoms with Gasteiger partial charge in [0.05, 0.1) is 18.3 Å². The van der Waals surface area contributed by atoms with Crippen LogP contribution in [0.5, 0.6) is 0 Å². The molecule has 7 nitrogen and oxygen atoms in total. The molecule has 1 heterocycles. The van der Waals surface area contributed by atoms with E-state index in [1.165, 1.54) is 0 Å². The fourth-order valence-corrected chi connectivity index (χ4v) is 4.23. The Kier molecular flexibility index (Phi) is 8.33.